The number of hydrogen-bond acceptors (Lipinski definition) is 7. The van der Waals surface area contributed by atoms with Gasteiger partial charge in [-0.3, -0.25) is 9.59 Å². The van der Waals surface area contributed by atoms with Gasteiger partial charge in [-0.25, -0.2) is 4.79 Å². The van der Waals surface area contributed by atoms with Gasteiger partial charge in [0.1, 0.15) is 13.2 Å². The Morgan fingerprint density at radius 2 is 0.730 bits per heavy atom. The highest BCUT2D eigenvalue weighted by Crippen LogP contribution is 2.17. The second-order valence-corrected chi connectivity index (χ2v) is 22.7. The average molecular weight is 1050 g/mol. The molecule has 0 fully saturated rings. The molecule has 0 saturated heterocycles. The van der Waals surface area contributed by atoms with Crippen LogP contribution in [0.25, 0.3) is 0 Å². The molecular formula is C65H122NO8+. The van der Waals surface area contributed by atoms with E-state index in [9.17, 15) is 19.5 Å². The van der Waals surface area contributed by atoms with E-state index in [4.69, 9.17) is 18.9 Å². The normalized spacial score (nSPS) is 12.9. The number of carbonyl (C=O) groups is 3. The molecule has 2 atom stereocenters. The molecule has 0 aliphatic heterocycles. The number of rotatable bonds is 59. The summed E-state index contributed by atoms with van der Waals surface area (Å²) in [5.74, 6) is -2.01. The molecule has 0 rings (SSSR count). The van der Waals surface area contributed by atoms with E-state index in [0.29, 0.717) is 23.9 Å². The van der Waals surface area contributed by atoms with Crippen LogP contribution in [0.1, 0.15) is 303 Å². The zero-order valence-corrected chi connectivity index (χ0v) is 49.5. The number of carbonyl (C=O) groups excluding carboxylic acids is 2. The highest BCUT2D eigenvalue weighted by Gasteiger charge is 2.25. The van der Waals surface area contributed by atoms with Crippen LogP contribution in [0.3, 0.4) is 0 Å². The van der Waals surface area contributed by atoms with Crippen molar-refractivity contribution in [3.63, 3.8) is 0 Å². The first kappa shape index (κ1) is 71.5. The van der Waals surface area contributed by atoms with E-state index in [0.717, 1.165) is 57.8 Å². The summed E-state index contributed by atoms with van der Waals surface area (Å²) in [5.41, 5.74) is 0. The molecular weight excluding hydrogens is 923 g/mol. The molecule has 9 nitrogen and oxygen atoms in total. The highest BCUT2D eigenvalue weighted by atomic mass is 16.7. The molecule has 2 unspecified atom stereocenters. The Balaban J connectivity index is 4.04. The molecule has 0 bridgehead atoms. The number of allylic oxidation sites excluding steroid dienone is 6. The number of unbranched alkanes of at least 4 members (excludes halogenated alkanes) is 38. The number of nitrogens with zero attached hydrogens (tertiary/aromatic N) is 1. The van der Waals surface area contributed by atoms with Crippen molar-refractivity contribution >= 4 is 17.9 Å². The van der Waals surface area contributed by atoms with Crippen molar-refractivity contribution in [3.05, 3.63) is 36.5 Å². The van der Waals surface area contributed by atoms with Gasteiger partial charge in [0, 0.05) is 12.8 Å². The van der Waals surface area contributed by atoms with Crippen LogP contribution < -0.4 is 0 Å². The first-order valence-corrected chi connectivity index (χ1v) is 31.7. The third-order valence-corrected chi connectivity index (χ3v) is 14.1. The first-order chi connectivity index (χ1) is 36.1. The van der Waals surface area contributed by atoms with E-state index in [1.165, 1.54) is 212 Å². The van der Waals surface area contributed by atoms with Crippen LogP contribution in [0, 0.1) is 0 Å². The van der Waals surface area contributed by atoms with Crippen LogP contribution in [-0.4, -0.2) is 87.4 Å². The molecule has 0 aromatic heterocycles. The predicted octanol–water partition coefficient (Wildman–Crippen LogP) is 18.9. The summed E-state index contributed by atoms with van der Waals surface area (Å²) in [7, 11) is 5.97. The minimum atomic E-state index is -1.51. The van der Waals surface area contributed by atoms with Crippen LogP contribution in [-0.2, 0) is 33.3 Å². The molecule has 0 spiro atoms. The van der Waals surface area contributed by atoms with Gasteiger partial charge in [0.25, 0.3) is 6.29 Å². The molecule has 74 heavy (non-hydrogen) atoms. The van der Waals surface area contributed by atoms with E-state index in [1.807, 2.05) is 21.1 Å². The Labute approximate surface area is 458 Å². The van der Waals surface area contributed by atoms with E-state index < -0.39 is 24.3 Å². The van der Waals surface area contributed by atoms with E-state index in [2.05, 4.69) is 50.3 Å². The molecule has 0 aromatic carbocycles. The SMILES string of the molecule is CCCCCC/C=C\C/C=C\CCCCCCCC(=O)OC(COC(=O)CCCCCCCCCCCCCCCCCCCCCCC/C=C\CCCCCCCCCC)COC(OCC[N+](C)(C)C)C(=O)O. The fourth-order valence-electron chi connectivity index (χ4n) is 9.22. The smallest absolute Gasteiger partial charge is 0.361 e. The number of quaternary nitrogens is 1. The molecule has 0 aliphatic carbocycles. The zero-order chi connectivity index (χ0) is 54.1. The number of carboxylic acids is 1. The van der Waals surface area contributed by atoms with Gasteiger partial charge in [-0.15, -0.1) is 0 Å². The second-order valence-electron chi connectivity index (χ2n) is 22.7. The number of hydrogen-bond donors (Lipinski definition) is 1. The molecule has 0 heterocycles. The Bertz CT molecular complexity index is 1310. The maximum Gasteiger partial charge on any atom is 0.361 e. The summed E-state index contributed by atoms with van der Waals surface area (Å²) < 4.78 is 22.9. The standard InChI is InChI=1S/C65H121NO8/c1-6-8-10-12-14-16-18-20-22-24-25-26-27-28-29-30-31-32-33-34-35-36-37-38-39-40-42-43-45-47-49-51-53-55-62(67)72-59-61(60-73-65(64(69)70)71-58-57-66(3,4)5)74-63(68)56-54-52-50-48-46-44-41-23-21-19-17-15-13-11-9-7-2/h17,19,23-25,41,61,65H,6-16,18,20-22,26-40,42-60H2,1-5H3/p+1/b19-17-,25-24-,41-23-. The maximum atomic E-state index is 12.8. The second kappa shape index (κ2) is 56.7. The van der Waals surface area contributed by atoms with Gasteiger partial charge in [-0.1, -0.05) is 256 Å². The Hall–Kier alpha value is -2.49. The van der Waals surface area contributed by atoms with Crippen molar-refractivity contribution in [2.24, 2.45) is 0 Å². The third kappa shape index (κ3) is 57.2. The van der Waals surface area contributed by atoms with Crippen LogP contribution in [0.2, 0.25) is 0 Å². The van der Waals surface area contributed by atoms with Gasteiger partial charge >= 0.3 is 17.9 Å². The summed E-state index contributed by atoms with van der Waals surface area (Å²) in [6.07, 6.45) is 66.8. The summed E-state index contributed by atoms with van der Waals surface area (Å²) in [4.78, 5) is 37.4. The lowest BCUT2D eigenvalue weighted by Crippen LogP contribution is -2.40. The Morgan fingerprint density at radius 3 is 1.09 bits per heavy atom. The fraction of sp³-hybridized carbons (Fsp3) is 0.862. The third-order valence-electron chi connectivity index (χ3n) is 14.1. The number of esters is 2. The predicted molar refractivity (Wildman–Crippen MR) is 314 cm³/mol. The largest absolute Gasteiger partial charge is 0.477 e. The van der Waals surface area contributed by atoms with Crippen molar-refractivity contribution in [1.82, 2.24) is 0 Å². The molecule has 0 aliphatic rings. The van der Waals surface area contributed by atoms with Gasteiger partial charge < -0.3 is 28.5 Å². The Kier molecular flexibility index (Phi) is 54.8. The highest BCUT2D eigenvalue weighted by molar-refractivity contribution is 5.71. The van der Waals surface area contributed by atoms with Gasteiger partial charge in [0.15, 0.2) is 6.10 Å². The van der Waals surface area contributed by atoms with Gasteiger partial charge in [0.2, 0.25) is 0 Å². The number of aliphatic carboxylic acids is 1. The van der Waals surface area contributed by atoms with Crippen molar-refractivity contribution in [2.75, 3.05) is 47.5 Å². The molecule has 0 amide bonds. The average Bonchev–Trinajstić information content (AvgIpc) is 3.37. The summed E-state index contributed by atoms with van der Waals surface area (Å²) >= 11 is 0. The quantitative estimate of drug-likeness (QED) is 0.0211. The topological polar surface area (TPSA) is 108 Å². The lowest BCUT2D eigenvalue weighted by Gasteiger charge is -2.25. The van der Waals surface area contributed by atoms with Crippen LogP contribution >= 0.6 is 0 Å². The van der Waals surface area contributed by atoms with Gasteiger partial charge in [0.05, 0.1) is 34.4 Å². The minimum absolute atomic E-state index is 0.184. The number of likely N-dealkylation sites (N-methyl/N-ethyl adjacent to an activating group) is 1. The zero-order valence-electron chi connectivity index (χ0n) is 49.5. The minimum Gasteiger partial charge on any atom is -0.477 e. The number of ether oxygens (including phenoxy) is 4. The molecule has 434 valence electrons. The van der Waals surface area contributed by atoms with Gasteiger partial charge in [-0.2, -0.15) is 0 Å². The molecule has 0 radical (unpaired) electrons. The van der Waals surface area contributed by atoms with Crippen molar-refractivity contribution in [3.8, 4) is 0 Å². The van der Waals surface area contributed by atoms with E-state index in [-0.39, 0.29) is 32.2 Å². The van der Waals surface area contributed by atoms with Crippen molar-refractivity contribution in [2.45, 2.75) is 315 Å². The lowest BCUT2D eigenvalue weighted by molar-refractivity contribution is -0.870. The maximum absolute atomic E-state index is 12.8. The van der Waals surface area contributed by atoms with Crippen LogP contribution in [0.15, 0.2) is 36.5 Å². The summed E-state index contributed by atoms with van der Waals surface area (Å²) in [5, 5.41) is 9.70. The lowest BCUT2D eigenvalue weighted by atomic mass is 10.0. The van der Waals surface area contributed by atoms with Crippen molar-refractivity contribution in [1.29, 1.82) is 0 Å². The van der Waals surface area contributed by atoms with Crippen LogP contribution in [0.5, 0.6) is 0 Å². The van der Waals surface area contributed by atoms with Crippen molar-refractivity contribution < 1.29 is 42.9 Å². The summed E-state index contributed by atoms with van der Waals surface area (Å²) in [6, 6.07) is 0. The van der Waals surface area contributed by atoms with Gasteiger partial charge in [-0.05, 0) is 70.6 Å². The van der Waals surface area contributed by atoms with Crippen LogP contribution in [0.4, 0.5) is 0 Å². The molecule has 0 saturated carbocycles. The number of carboxylic acid groups (broad SMARTS) is 1. The molecule has 1 N–H and O–H groups in total. The summed E-state index contributed by atoms with van der Waals surface area (Å²) in [6.45, 7) is 4.88. The van der Waals surface area contributed by atoms with E-state index >= 15 is 0 Å². The fourth-order valence-corrected chi connectivity index (χ4v) is 9.22. The Morgan fingerprint density at radius 1 is 0.405 bits per heavy atom. The molecule has 0 aromatic rings. The molecule has 9 heteroatoms. The monoisotopic (exact) mass is 1040 g/mol. The van der Waals surface area contributed by atoms with E-state index in [1.54, 1.807) is 0 Å². The first-order valence-electron chi connectivity index (χ1n) is 31.7.